The van der Waals surface area contributed by atoms with E-state index in [-0.39, 0.29) is 0 Å². The third-order valence-electron chi connectivity index (χ3n) is 10.1. The summed E-state index contributed by atoms with van der Waals surface area (Å²) in [5, 5.41) is 4.93. The second kappa shape index (κ2) is 13.1. The molecule has 8 aromatic carbocycles. The molecule has 248 valence electrons. The zero-order chi connectivity index (χ0) is 35.1. The summed E-state index contributed by atoms with van der Waals surface area (Å²) in [5.74, 6) is 0.697. The fraction of sp³-hybridized carbons (Fsp3) is 0. The number of hydrogen-bond donors (Lipinski definition) is 0. The number of benzene rings is 8. The molecule has 0 spiro atoms. The second-order valence-corrected chi connectivity index (χ2v) is 14.4. The van der Waals surface area contributed by atoms with E-state index in [0.717, 1.165) is 61.3 Å². The number of fused-ring (bicyclic) bond motifs is 4. The lowest BCUT2D eigenvalue weighted by Gasteiger charge is -2.15. The second-order valence-electron chi connectivity index (χ2n) is 13.3. The zero-order valence-corrected chi connectivity index (χ0v) is 29.6. The molecule has 0 amide bonds. The van der Waals surface area contributed by atoms with Gasteiger partial charge < -0.3 is 0 Å². The first kappa shape index (κ1) is 31.1. The van der Waals surface area contributed by atoms with Crippen molar-refractivity contribution in [2.45, 2.75) is 0 Å². The van der Waals surface area contributed by atoms with Gasteiger partial charge >= 0.3 is 0 Å². The molecule has 2 aromatic heterocycles. The molecule has 0 unspecified atom stereocenters. The van der Waals surface area contributed by atoms with Gasteiger partial charge in [0.05, 0.1) is 11.4 Å². The number of hydrogen-bond acceptors (Lipinski definition) is 3. The summed E-state index contributed by atoms with van der Waals surface area (Å²) in [6.45, 7) is 0. The lowest BCUT2D eigenvalue weighted by molar-refractivity contribution is 1.19. The van der Waals surface area contributed by atoms with E-state index in [9.17, 15) is 0 Å². The Kier molecular flexibility index (Phi) is 7.71. The molecular formula is C50H32N2S. The minimum absolute atomic E-state index is 0.697. The molecule has 2 heterocycles. The van der Waals surface area contributed by atoms with Crippen LogP contribution >= 0.6 is 11.3 Å². The smallest absolute Gasteiger partial charge is 0.161 e. The zero-order valence-electron chi connectivity index (χ0n) is 28.8. The third-order valence-corrected chi connectivity index (χ3v) is 11.3. The fourth-order valence-electron chi connectivity index (χ4n) is 7.55. The average Bonchev–Trinajstić information content (AvgIpc) is 3.63. The van der Waals surface area contributed by atoms with Crippen molar-refractivity contribution in [1.82, 2.24) is 9.97 Å². The largest absolute Gasteiger partial charge is 0.228 e. The van der Waals surface area contributed by atoms with Crippen molar-refractivity contribution in [3.63, 3.8) is 0 Å². The highest BCUT2D eigenvalue weighted by Crippen LogP contribution is 2.43. The monoisotopic (exact) mass is 692 g/mol. The Hall–Kier alpha value is -6.68. The van der Waals surface area contributed by atoms with Crippen LogP contribution in [0.1, 0.15) is 0 Å². The van der Waals surface area contributed by atoms with Gasteiger partial charge in [0.2, 0.25) is 0 Å². The van der Waals surface area contributed by atoms with E-state index in [2.05, 4.69) is 194 Å². The van der Waals surface area contributed by atoms with Crippen LogP contribution in [0.5, 0.6) is 0 Å². The molecule has 0 aliphatic heterocycles. The molecule has 0 saturated carbocycles. The van der Waals surface area contributed by atoms with Crippen molar-refractivity contribution in [3.05, 3.63) is 194 Å². The fourth-order valence-corrected chi connectivity index (χ4v) is 8.79. The predicted molar refractivity (Wildman–Crippen MR) is 225 cm³/mol. The van der Waals surface area contributed by atoms with Crippen molar-refractivity contribution >= 4 is 42.3 Å². The summed E-state index contributed by atoms with van der Waals surface area (Å²) in [7, 11) is 0. The molecular weight excluding hydrogens is 661 g/mol. The molecule has 2 nitrogen and oxygen atoms in total. The summed E-state index contributed by atoms with van der Waals surface area (Å²) in [4.78, 5) is 10.8. The van der Waals surface area contributed by atoms with Crippen molar-refractivity contribution in [2.75, 3.05) is 0 Å². The van der Waals surface area contributed by atoms with E-state index in [1.807, 2.05) is 11.3 Å². The van der Waals surface area contributed by atoms with E-state index in [4.69, 9.17) is 9.97 Å². The predicted octanol–water partition coefficient (Wildman–Crippen LogP) is 14.0. The molecule has 0 radical (unpaired) electrons. The molecule has 0 N–H and O–H groups in total. The molecule has 10 aromatic rings. The minimum atomic E-state index is 0.697. The maximum Gasteiger partial charge on any atom is 0.161 e. The van der Waals surface area contributed by atoms with Gasteiger partial charge in [0.1, 0.15) is 0 Å². The third kappa shape index (κ3) is 5.68. The molecule has 3 heteroatoms. The number of thiophene rings is 1. The Morgan fingerprint density at radius 2 is 0.887 bits per heavy atom. The Balaban J connectivity index is 1.25. The topological polar surface area (TPSA) is 25.8 Å². The molecule has 0 atom stereocenters. The van der Waals surface area contributed by atoms with Crippen LogP contribution in [0, 0.1) is 0 Å². The van der Waals surface area contributed by atoms with Gasteiger partial charge in [-0.15, -0.1) is 11.3 Å². The molecule has 0 bridgehead atoms. The normalized spacial score (nSPS) is 11.4. The summed E-state index contributed by atoms with van der Waals surface area (Å²) in [5.41, 5.74) is 11.8. The van der Waals surface area contributed by atoms with Gasteiger partial charge in [-0.05, 0) is 74.5 Å². The van der Waals surface area contributed by atoms with Gasteiger partial charge in [-0.2, -0.15) is 0 Å². The van der Waals surface area contributed by atoms with Gasteiger partial charge in [-0.25, -0.2) is 9.97 Å². The lowest BCUT2D eigenvalue weighted by atomic mass is 9.93. The van der Waals surface area contributed by atoms with Crippen LogP contribution in [0.4, 0.5) is 0 Å². The van der Waals surface area contributed by atoms with Crippen molar-refractivity contribution in [1.29, 1.82) is 0 Å². The van der Waals surface area contributed by atoms with E-state index in [0.29, 0.717) is 5.82 Å². The van der Waals surface area contributed by atoms with E-state index in [1.165, 1.54) is 31.1 Å². The number of aromatic nitrogens is 2. The van der Waals surface area contributed by atoms with Crippen molar-refractivity contribution in [3.8, 4) is 67.3 Å². The average molecular weight is 693 g/mol. The summed E-state index contributed by atoms with van der Waals surface area (Å²) >= 11 is 1.86. The van der Waals surface area contributed by atoms with E-state index < -0.39 is 0 Å². The Morgan fingerprint density at radius 3 is 1.74 bits per heavy atom. The Labute approximate surface area is 312 Å². The van der Waals surface area contributed by atoms with Gasteiger partial charge in [0, 0.05) is 36.9 Å². The maximum absolute atomic E-state index is 5.42. The molecule has 10 rings (SSSR count). The number of nitrogens with zero attached hydrogens (tertiary/aromatic N) is 2. The Bertz CT molecular complexity index is 2940. The number of rotatable bonds is 6. The van der Waals surface area contributed by atoms with Crippen molar-refractivity contribution in [2.24, 2.45) is 0 Å². The van der Waals surface area contributed by atoms with Crippen LogP contribution in [0.25, 0.3) is 98.2 Å². The first-order chi connectivity index (χ1) is 26.3. The van der Waals surface area contributed by atoms with Crippen LogP contribution in [-0.4, -0.2) is 9.97 Å². The van der Waals surface area contributed by atoms with Crippen molar-refractivity contribution < 1.29 is 0 Å². The highest BCUT2D eigenvalue weighted by Gasteiger charge is 2.18. The van der Waals surface area contributed by atoms with Crippen LogP contribution in [0.2, 0.25) is 0 Å². The van der Waals surface area contributed by atoms with Gasteiger partial charge in [-0.3, -0.25) is 0 Å². The summed E-state index contributed by atoms with van der Waals surface area (Å²) in [6.07, 6.45) is 0. The first-order valence-electron chi connectivity index (χ1n) is 17.9. The van der Waals surface area contributed by atoms with Crippen LogP contribution in [0.15, 0.2) is 194 Å². The minimum Gasteiger partial charge on any atom is -0.228 e. The molecule has 0 fully saturated rings. The van der Waals surface area contributed by atoms with Gasteiger partial charge in [0.15, 0.2) is 5.82 Å². The molecule has 0 aliphatic rings. The molecule has 0 saturated heterocycles. The highest BCUT2D eigenvalue weighted by molar-refractivity contribution is 7.26. The highest BCUT2D eigenvalue weighted by atomic mass is 32.1. The van der Waals surface area contributed by atoms with Crippen LogP contribution in [0.3, 0.4) is 0 Å². The van der Waals surface area contributed by atoms with Crippen LogP contribution in [-0.2, 0) is 0 Å². The standard InChI is InChI=1S/C50H32N2S/c1-3-15-33(16-4-1)36-29-37(41-25-14-27-44-43-23-11-12-28-48(43)53-49(41)44)31-38(30-36)46-32-47(42-26-13-20-35-19-7-8-21-39(35)42)52-50(51-46)45-24-10-9-22-40(45)34-17-5-2-6-18-34/h1-32H. The lowest BCUT2D eigenvalue weighted by Crippen LogP contribution is -1.98. The van der Waals surface area contributed by atoms with Crippen LogP contribution < -0.4 is 0 Å². The molecule has 53 heavy (non-hydrogen) atoms. The summed E-state index contributed by atoms with van der Waals surface area (Å²) in [6, 6.07) is 69.2. The van der Waals surface area contributed by atoms with Gasteiger partial charge in [0.25, 0.3) is 0 Å². The summed E-state index contributed by atoms with van der Waals surface area (Å²) < 4.78 is 2.59. The quantitative estimate of drug-likeness (QED) is 0.173. The Morgan fingerprint density at radius 1 is 0.321 bits per heavy atom. The van der Waals surface area contributed by atoms with E-state index >= 15 is 0 Å². The van der Waals surface area contributed by atoms with E-state index in [1.54, 1.807) is 0 Å². The van der Waals surface area contributed by atoms with Gasteiger partial charge in [-0.1, -0.05) is 164 Å². The first-order valence-corrected chi connectivity index (χ1v) is 18.7. The SMILES string of the molecule is c1ccc(-c2cc(-c3cc(-c4cccc5ccccc45)nc(-c4ccccc4-c4ccccc4)n3)cc(-c3cccc4c3sc3ccccc34)c2)cc1. The maximum atomic E-state index is 5.42. The molecule has 0 aliphatic carbocycles.